The minimum atomic E-state index is -0.384. The average Bonchev–Trinajstić information content (AvgIpc) is 2.43. The molecule has 0 radical (unpaired) electrons. The van der Waals surface area contributed by atoms with Crippen LogP contribution in [-0.4, -0.2) is 12.5 Å². The third kappa shape index (κ3) is 3.51. The predicted molar refractivity (Wildman–Crippen MR) is 83.3 cm³/mol. The Morgan fingerprint density at radius 1 is 1.19 bits per heavy atom. The van der Waals surface area contributed by atoms with Gasteiger partial charge in [0.15, 0.2) is 0 Å². The number of nitrogens with two attached hydrogens (primary N) is 1. The highest BCUT2D eigenvalue weighted by atomic mass is 19.1. The Balaban J connectivity index is 2.40. The Morgan fingerprint density at radius 2 is 1.95 bits per heavy atom. The number of halogens is 1. The summed E-state index contributed by atoms with van der Waals surface area (Å²) in [4.78, 5) is 12.0. The number of nitrogen functional groups attached to an aromatic ring is 1. The first kappa shape index (κ1) is 14.8. The van der Waals surface area contributed by atoms with E-state index in [2.05, 4.69) is 10.6 Å². The maximum atomic E-state index is 13.8. The summed E-state index contributed by atoms with van der Waals surface area (Å²) in [6, 6.07) is 9.63. The summed E-state index contributed by atoms with van der Waals surface area (Å²) in [6.45, 7) is 4.22. The zero-order valence-electron chi connectivity index (χ0n) is 12.0. The molecular formula is C16H18FN3O. The van der Waals surface area contributed by atoms with Crippen LogP contribution in [0.4, 0.5) is 21.5 Å². The zero-order valence-corrected chi connectivity index (χ0v) is 12.0. The molecule has 0 fully saturated rings. The van der Waals surface area contributed by atoms with E-state index in [0.717, 1.165) is 5.56 Å². The highest BCUT2D eigenvalue weighted by Crippen LogP contribution is 2.26. The first-order valence-electron chi connectivity index (χ1n) is 6.72. The molecule has 0 atom stereocenters. The zero-order chi connectivity index (χ0) is 15.4. The van der Waals surface area contributed by atoms with Crippen molar-refractivity contribution < 1.29 is 9.18 Å². The molecule has 1 amide bonds. The summed E-state index contributed by atoms with van der Waals surface area (Å²) in [7, 11) is 0. The molecule has 0 aliphatic heterocycles. The molecule has 0 saturated heterocycles. The van der Waals surface area contributed by atoms with E-state index in [-0.39, 0.29) is 11.7 Å². The first-order valence-corrected chi connectivity index (χ1v) is 6.72. The van der Waals surface area contributed by atoms with E-state index < -0.39 is 0 Å². The summed E-state index contributed by atoms with van der Waals surface area (Å²) in [5.74, 6) is -0.613. The SMILES string of the molecule is CCNC(=O)c1ccc(N)cc1Nc1cc(C)ccc1F. The number of carbonyl (C=O) groups excluding carboxylic acids is 1. The normalized spacial score (nSPS) is 10.2. The monoisotopic (exact) mass is 287 g/mol. The third-order valence-corrected chi connectivity index (χ3v) is 3.02. The highest BCUT2D eigenvalue weighted by molar-refractivity contribution is 6.01. The van der Waals surface area contributed by atoms with Crippen molar-refractivity contribution in [1.82, 2.24) is 5.32 Å². The molecule has 2 rings (SSSR count). The number of hydrogen-bond donors (Lipinski definition) is 3. The number of amides is 1. The van der Waals surface area contributed by atoms with Gasteiger partial charge in [-0.05, 0) is 49.7 Å². The largest absolute Gasteiger partial charge is 0.399 e. The van der Waals surface area contributed by atoms with Crippen LogP contribution in [0.15, 0.2) is 36.4 Å². The lowest BCUT2D eigenvalue weighted by Gasteiger charge is -2.13. The fourth-order valence-electron chi connectivity index (χ4n) is 2.00. The topological polar surface area (TPSA) is 67.2 Å². The van der Waals surface area contributed by atoms with Crippen LogP contribution in [0.2, 0.25) is 0 Å². The van der Waals surface area contributed by atoms with Gasteiger partial charge in [0, 0.05) is 12.2 Å². The van der Waals surface area contributed by atoms with Crippen molar-refractivity contribution in [3.8, 4) is 0 Å². The minimum Gasteiger partial charge on any atom is -0.399 e. The molecule has 0 aliphatic carbocycles. The minimum absolute atomic E-state index is 0.229. The fraction of sp³-hybridized carbons (Fsp3) is 0.188. The lowest BCUT2D eigenvalue weighted by atomic mass is 10.1. The van der Waals surface area contributed by atoms with Crippen molar-refractivity contribution in [1.29, 1.82) is 0 Å². The number of carbonyl (C=O) groups is 1. The van der Waals surface area contributed by atoms with E-state index in [4.69, 9.17) is 5.73 Å². The molecule has 0 heterocycles. The average molecular weight is 287 g/mol. The molecule has 2 aromatic rings. The smallest absolute Gasteiger partial charge is 0.253 e. The van der Waals surface area contributed by atoms with Crippen molar-refractivity contribution in [2.75, 3.05) is 17.6 Å². The fourth-order valence-corrected chi connectivity index (χ4v) is 2.00. The Morgan fingerprint density at radius 3 is 2.67 bits per heavy atom. The summed E-state index contributed by atoms with van der Waals surface area (Å²) in [5, 5.41) is 5.67. The lowest BCUT2D eigenvalue weighted by molar-refractivity contribution is 0.0956. The standard InChI is InChI=1S/C16H18FN3O/c1-3-19-16(21)12-6-5-11(18)9-14(12)20-15-8-10(2)4-7-13(15)17/h4-9,20H,3,18H2,1-2H3,(H,19,21). The number of nitrogens with one attached hydrogen (secondary N) is 2. The van der Waals surface area contributed by atoms with Gasteiger partial charge < -0.3 is 16.4 Å². The number of anilines is 3. The third-order valence-electron chi connectivity index (χ3n) is 3.02. The van der Waals surface area contributed by atoms with Crippen LogP contribution in [0.3, 0.4) is 0 Å². The van der Waals surface area contributed by atoms with Gasteiger partial charge in [-0.3, -0.25) is 4.79 Å². The summed E-state index contributed by atoms with van der Waals surface area (Å²) >= 11 is 0. The van der Waals surface area contributed by atoms with E-state index in [1.54, 1.807) is 30.3 Å². The second kappa shape index (κ2) is 6.26. The van der Waals surface area contributed by atoms with E-state index in [9.17, 15) is 9.18 Å². The van der Waals surface area contributed by atoms with Gasteiger partial charge in [0.05, 0.1) is 16.9 Å². The van der Waals surface area contributed by atoms with Gasteiger partial charge in [-0.25, -0.2) is 4.39 Å². The maximum absolute atomic E-state index is 13.8. The Kier molecular flexibility index (Phi) is 4.42. The van der Waals surface area contributed by atoms with Gasteiger partial charge in [0.25, 0.3) is 5.91 Å². The van der Waals surface area contributed by atoms with E-state index in [1.807, 2.05) is 13.8 Å². The Labute approximate surface area is 123 Å². The molecule has 0 aliphatic rings. The van der Waals surface area contributed by atoms with Crippen molar-refractivity contribution >= 4 is 23.0 Å². The Hall–Kier alpha value is -2.56. The first-order chi connectivity index (χ1) is 10.0. The lowest BCUT2D eigenvalue weighted by Crippen LogP contribution is -2.23. The van der Waals surface area contributed by atoms with Gasteiger partial charge in [0.1, 0.15) is 5.82 Å². The molecule has 0 spiro atoms. The molecule has 110 valence electrons. The van der Waals surface area contributed by atoms with Crippen molar-refractivity contribution in [2.45, 2.75) is 13.8 Å². The van der Waals surface area contributed by atoms with Crippen LogP contribution in [0.5, 0.6) is 0 Å². The predicted octanol–water partition coefficient (Wildman–Crippen LogP) is 3.21. The molecule has 4 N–H and O–H groups in total. The highest BCUT2D eigenvalue weighted by Gasteiger charge is 2.12. The molecule has 0 aromatic heterocycles. The van der Waals surface area contributed by atoms with Crippen LogP contribution >= 0.6 is 0 Å². The Bertz CT molecular complexity index is 671. The molecular weight excluding hydrogens is 269 g/mol. The molecule has 4 nitrogen and oxygen atoms in total. The van der Waals surface area contributed by atoms with Gasteiger partial charge in [-0.2, -0.15) is 0 Å². The van der Waals surface area contributed by atoms with E-state index >= 15 is 0 Å². The number of aryl methyl sites for hydroxylation is 1. The van der Waals surface area contributed by atoms with Crippen LogP contribution in [0.25, 0.3) is 0 Å². The molecule has 2 aromatic carbocycles. The molecule has 0 unspecified atom stereocenters. The van der Waals surface area contributed by atoms with Crippen molar-refractivity contribution in [2.24, 2.45) is 0 Å². The van der Waals surface area contributed by atoms with Crippen LogP contribution in [-0.2, 0) is 0 Å². The van der Waals surface area contributed by atoms with E-state index in [1.165, 1.54) is 6.07 Å². The molecule has 5 heteroatoms. The van der Waals surface area contributed by atoms with Crippen molar-refractivity contribution in [3.05, 3.63) is 53.3 Å². The van der Waals surface area contributed by atoms with Gasteiger partial charge in [-0.15, -0.1) is 0 Å². The summed E-state index contributed by atoms with van der Waals surface area (Å²) in [6.07, 6.45) is 0. The van der Waals surface area contributed by atoms with Gasteiger partial charge in [0.2, 0.25) is 0 Å². The van der Waals surface area contributed by atoms with Crippen LogP contribution in [0, 0.1) is 12.7 Å². The molecule has 0 saturated carbocycles. The second-order valence-electron chi connectivity index (χ2n) is 4.77. The molecule has 0 bridgehead atoms. The molecule has 21 heavy (non-hydrogen) atoms. The summed E-state index contributed by atoms with van der Waals surface area (Å²) in [5.41, 5.74) is 8.39. The second-order valence-corrected chi connectivity index (χ2v) is 4.77. The number of rotatable bonds is 4. The van der Waals surface area contributed by atoms with Gasteiger partial charge >= 0.3 is 0 Å². The van der Waals surface area contributed by atoms with E-state index in [0.29, 0.717) is 29.2 Å². The number of benzene rings is 2. The van der Waals surface area contributed by atoms with Gasteiger partial charge in [-0.1, -0.05) is 6.07 Å². The maximum Gasteiger partial charge on any atom is 0.253 e. The number of hydrogen-bond acceptors (Lipinski definition) is 3. The van der Waals surface area contributed by atoms with Crippen LogP contribution < -0.4 is 16.4 Å². The van der Waals surface area contributed by atoms with Crippen LogP contribution in [0.1, 0.15) is 22.8 Å². The van der Waals surface area contributed by atoms with Crippen molar-refractivity contribution in [3.63, 3.8) is 0 Å². The summed E-state index contributed by atoms with van der Waals surface area (Å²) < 4.78 is 13.8. The quantitative estimate of drug-likeness (QED) is 0.756.